The lowest BCUT2D eigenvalue weighted by atomic mass is 9.84. The maximum Gasteiger partial charge on any atom is 0.424 e. The lowest BCUT2D eigenvalue weighted by molar-refractivity contribution is -0.243. The zero-order valence-electron chi connectivity index (χ0n) is 79.5. The highest BCUT2D eigenvalue weighted by Crippen LogP contribution is 2.47. The molecule has 6 heterocycles. The third-order valence-corrected chi connectivity index (χ3v) is 25.5. The minimum Gasteiger partial charge on any atom is -0.508 e. The molecule has 8 atom stereocenters. The number of phenols is 1. The number of likely N-dealkylation sites (N-methyl/N-ethyl adjacent to an activating group) is 2. The van der Waals surface area contributed by atoms with E-state index >= 15 is 0 Å². The zero-order chi connectivity index (χ0) is 104. The average molecular weight is 2000 g/mol. The van der Waals surface area contributed by atoms with E-state index in [1.165, 1.54) is 103 Å². The third kappa shape index (κ3) is 22.0. The van der Waals surface area contributed by atoms with Gasteiger partial charge in [-0.2, -0.15) is 17.6 Å². The second-order valence-electron chi connectivity index (χ2n) is 35.1. The van der Waals surface area contributed by atoms with Crippen LogP contribution in [0.25, 0.3) is 44.3 Å². The fourth-order valence-corrected chi connectivity index (χ4v) is 17.1. The number of amides is 5. The maximum atomic E-state index is 14.3. The number of nitrogens with one attached hydrogen (secondary N) is 2. The summed E-state index contributed by atoms with van der Waals surface area (Å²) in [6.07, 6.45) is -7.80. The molecule has 7 aromatic carbocycles. The molecule has 1 fully saturated rings. The fraction of sp³-hybridized carbons (Fsp3) is 0.370. The van der Waals surface area contributed by atoms with Crippen LogP contribution in [0.4, 0.5) is 69.7 Å². The molecule has 143 heavy (non-hydrogen) atoms. The molecule has 1 aliphatic carbocycles. The monoisotopic (exact) mass is 2000 g/mol. The second kappa shape index (κ2) is 44.0. The van der Waals surface area contributed by atoms with E-state index < -0.39 is 202 Å². The number of aryl methyl sites for hydroxylation is 2. The number of rotatable bonds is 32. The van der Waals surface area contributed by atoms with E-state index in [9.17, 15) is 107 Å². The van der Waals surface area contributed by atoms with Gasteiger partial charge in [0.2, 0.25) is 93.4 Å². The van der Waals surface area contributed by atoms with Crippen LogP contribution in [0.2, 0.25) is 0 Å². The maximum absolute atomic E-state index is 14.3. The van der Waals surface area contributed by atoms with Crippen molar-refractivity contribution in [2.75, 3.05) is 65.6 Å². The number of carbonyl (C=O) groups excluding carboxylic acids is 11. The number of methoxy groups -OCH3 is 1. The molecule has 5 amide bonds. The lowest BCUT2D eigenvalue weighted by Crippen LogP contribution is -2.55. The van der Waals surface area contributed by atoms with Crippen LogP contribution < -0.4 is 36.1 Å². The van der Waals surface area contributed by atoms with Crippen molar-refractivity contribution < 1.29 is 149 Å². The summed E-state index contributed by atoms with van der Waals surface area (Å²) in [6, 6.07) is 31.7. The molecule has 3 aromatic heterocycles. The van der Waals surface area contributed by atoms with Crippen LogP contribution in [0.15, 0.2) is 120 Å². The van der Waals surface area contributed by atoms with Crippen molar-refractivity contribution in [1.29, 1.82) is 0 Å². The molecule has 5 N–H and O–H groups in total. The minimum atomic E-state index is -2.47. The summed E-state index contributed by atoms with van der Waals surface area (Å²) in [5.41, 5.74) is 12.8. The number of aromatic hydroxyl groups is 1. The van der Waals surface area contributed by atoms with Crippen molar-refractivity contribution in [3.8, 4) is 45.5 Å². The second-order valence-corrected chi connectivity index (χ2v) is 35.1. The normalized spacial score (nSPS) is 16.9. The number of hydrogen-bond acceptors (Lipinski definition) is 26. The Morgan fingerprint density at radius 1 is 0.671 bits per heavy atom. The van der Waals surface area contributed by atoms with Gasteiger partial charge in [0.15, 0.2) is 11.9 Å². The van der Waals surface area contributed by atoms with E-state index in [4.69, 9.17) is 48.6 Å². The number of phenolic OH excluding ortho intramolecular Hbond substituents is 1. The Morgan fingerprint density at radius 3 is 1.87 bits per heavy atom. The van der Waals surface area contributed by atoms with Gasteiger partial charge in [-0.15, -0.1) is 0 Å². The number of fused-ring (bicyclic) bond motifs is 9. The Morgan fingerprint density at radius 2 is 1.27 bits per heavy atom. The number of hydrogen-bond donors (Lipinski definition) is 4. The molecule has 0 bridgehead atoms. The number of cyclic esters (lactones) is 1. The number of pyridine rings is 2. The number of halogens is 10. The van der Waals surface area contributed by atoms with E-state index in [2.05, 4.69) is 20.1 Å². The van der Waals surface area contributed by atoms with Crippen LogP contribution in [0, 0.1) is 81.8 Å². The van der Waals surface area contributed by atoms with Crippen LogP contribution in [-0.4, -0.2) is 184 Å². The van der Waals surface area contributed by atoms with Crippen molar-refractivity contribution in [2.24, 2.45) is 29.4 Å². The van der Waals surface area contributed by atoms with Crippen molar-refractivity contribution in [1.82, 2.24) is 33.9 Å². The standard InChI is InChI=1S/C55H68N6O16.C45H32F10N4O7/c1-12-34-35-22-33(63)15-17-39(35)57-45-36(34)24-61-41(45)23-38-37(49(61)66)26-72-52(68)55(38,13-2)77-54(70)60(10)19-18-59(9)53(69)73-25-32-14-16-40(58-48(65)28(5)20-42(64)44(56)27(3)4)43(21-32)75-51-30(7)29(6)46(74-31(8)62)47(76-51)50(67)71-11;1-57(58(2)45(63)64-20-28-26-9-5-3-7-24(26)25-8-4-6-10-27(25)28)19-23-18-21-17-22(56-30(60)13-14-31(61)65-43-39(52)35(48)33(46)36(49)40(43)53)11-12-29(21)59(23)16-15-32(62)66-44-41(54)37(50)34(47)38(51)42(44)55/h14-17,21-23,27-30,44,46-47,51,63H,12-13,18-20,24-26,56H2,1-11H3,(H,58,65);3-12,17-18,28H,13-16,19-20H2,1-2H3,(H,56,60)/t28-,29-,30-,44+,46+,47+,51-,55+;/m1./s1. The van der Waals surface area contributed by atoms with E-state index in [1.54, 1.807) is 62.6 Å². The predicted molar refractivity (Wildman–Crippen MR) is 490 cm³/mol. The summed E-state index contributed by atoms with van der Waals surface area (Å²) >= 11 is 0. The minimum absolute atomic E-state index is 0.00252. The molecule has 0 unspecified atom stereocenters. The predicted octanol–water partition coefficient (Wildman–Crippen LogP) is 15.3. The summed E-state index contributed by atoms with van der Waals surface area (Å²) < 4.78 is 196. The van der Waals surface area contributed by atoms with Crippen molar-refractivity contribution >= 4 is 98.9 Å². The van der Waals surface area contributed by atoms with Crippen LogP contribution in [0.3, 0.4) is 0 Å². The molecule has 14 rings (SSSR count). The lowest BCUT2D eigenvalue weighted by Gasteiger charge is -2.42. The molecule has 10 aromatic rings. The molecule has 3 aliphatic heterocycles. The Bertz CT molecular complexity index is 6700. The molecule has 758 valence electrons. The molecule has 0 saturated carbocycles. The first-order valence-electron chi connectivity index (χ1n) is 45.2. The quantitative estimate of drug-likeness (QED) is 0.00578. The Kier molecular flexibility index (Phi) is 32.4. The van der Waals surface area contributed by atoms with Crippen LogP contribution in [0.5, 0.6) is 23.0 Å². The van der Waals surface area contributed by atoms with Crippen molar-refractivity contribution in [3.63, 3.8) is 0 Å². The first-order chi connectivity index (χ1) is 67.8. The summed E-state index contributed by atoms with van der Waals surface area (Å²) in [6.45, 7) is 12.6. The Labute approximate surface area is 810 Å². The highest BCUT2D eigenvalue weighted by molar-refractivity contribution is 5.98. The number of benzene rings is 7. The molecular weight excluding hydrogens is 1900 g/mol. The van der Waals surface area contributed by atoms with E-state index in [-0.39, 0.29) is 117 Å². The van der Waals surface area contributed by atoms with Crippen LogP contribution in [0.1, 0.15) is 138 Å². The first kappa shape index (κ1) is 105. The van der Waals surface area contributed by atoms with E-state index in [1.807, 2.05) is 69.3 Å². The number of carbonyl (C=O) groups is 11. The van der Waals surface area contributed by atoms with Gasteiger partial charge in [-0.1, -0.05) is 103 Å². The number of ketones is 1. The van der Waals surface area contributed by atoms with Gasteiger partial charge in [-0.25, -0.2) is 65.3 Å². The van der Waals surface area contributed by atoms with E-state index in [0.29, 0.717) is 45.5 Å². The highest BCUT2D eigenvalue weighted by atomic mass is 19.2. The number of aromatic nitrogens is 3. The number of Topliss-reactive ketones (excluding diaryl/α,β-unsaturated/α-hetero) is 1. The Hall–Kier alpha value is -15.0. The molecule has 0 spiro atoms. The largest absolute Gasteiger partial charge is 0.508 e. The average Bonchev–Trinajstić information content (AvgIpc) is 1.67. The van der Waals surface area contributed by atoms with Gasteiger partial charge in [0, 0.05) is 130 Å². The molecular formula is C100H100F10N10O23. The number of nitrogens with zero attached hydrogens (tertiary/aromatic N) is 7. The number of esters is 5. The summed E-state index contributed by atoms with van der Waals surface area (Å²) in [5.74, 6) is -36.3. The SMILES string of the molecule is CCc1c2c(nc3ccc(O)cc13)-c1cc3c(c(=O)n1C2)COC(=O)[C@@]3(CC)OC(=O)N(C)CCN(C)C(=O)OCc1ccc(NC(=O)[C@H](C)CC(=O)[C@@H](N)C(C)C)c(O[C@@H]2O[C@H](C(=O)OC)[C@@H](OC(C)=O)[C@H](C)[C@H]2C)c1.CN(Cc1cc2cc(NC(=O)CCC(=O)Oc3c(F)c(F)c(F)c(F)c3F)ccc2n1CCC(=O)Oc1c(F)c(F)c(F)c(F)c1F)N(C)C(=O)OCC1c2ccccc2-c2ccccc21. The highest BCUT2D eigenvalue weighted by Gasteiger charge is 2.53. The summed E-state index contributed by atoms with van der Waals surface area (Å²) in [7, 11) is 7.01. The van der Waals surface area contributed by atoms with Crippen LogP contribution >= 0.6 is 0 Å². The van der Waals surface area contributed by atoms with Gasteiger partial charge < -0.3 is 87.8 Å². The number of ether oxygens (including phenoxy) is 10. The summed E-state index contributed by atoms with van der Waals surface area (Å²) in [5, 5.41) is 19.3. The van der Waals surface area contributed by atoms with Crippen molar-refractivity contribution in [3.05, 3.63) is 228 Å². The summed E-state index contributed by atoms with van der Waals surface area (Å²) in [4.78, 5) is 165. The molecule has 33 nitrogen and oxygen atoms in total. The number of nitrogens with two attached hydrogens (primary N) is 1. The fourth-order valence-electron chi connectivity index (χ4n) is 17.1. The molecule has 4 aliphatic rings. The van der Waals surface area contributed by atoms with Gasteiger partial charge in [-0.05, 0) is 113 Å². The van der Waals surface area contributed by atoms with Crippen molar-refractivity contribution in [2.45, 2.75) is 163 Å². The van der Waals surface area contributed by atoms with Gasteiger partial charge in [0.05, 0.1) is 67.2 Å². The molecule has 1 saturated heterocycles. The smallest absolute Gasteiger partial charge is 0.424 e. The molecule has 0 radical (unpaired) electrons. The molecule has 43 heteroatoms. The van der Waals surface area contributed by atoms with E-state index in [0.717, 1.165) is 38.8 Å². The number of hydrazine groups is 1. The van der Waals surface area contributed by atoms with Gasteiger partial charge in [0.1, 0.15) is 37.4 Å². The van der Waals surface area contributed by atoms with Gasteiger partial charge >= 0.3 is 48.1 Å². The zero-order valence-corrected chi connectivity index (χ0v) is 79.5. The number of anilines is 2. The van der Waals surface area contributed by atoms with Gasteiger partial charge in [-0.3, -0.25) is 33.6 Å². The topological polar surface area (TPSA) is 403 Å². The Balaban J connectivity index is 0.000000243. The van der Waals surface area contributed by atoms with Crippen LogP contribution in [-0.2, 0) is 116 Å². The first-order valence-corrected chi connectivity index (χ1v) is 45.2. The third-order valence-electron chi connectivity index (χ3n) is 25.5. The van der Waals surface area contributed by atoms with Gasteiger partial charge in [0.25, 0.3) is 5.56 Å².